The van der Waals surface area contributed by atoms with E-state index in [2.05, 4.69) is 4.21 Å². The molecule has 0 saturated heterocycles. The predicted molar refractivity (Wildman–Crippen MR) is 99.3 cm³/mol. The third-order valence-electron chi connectivity index (χ3n) is 4.66. The van der Waals surface area contributed by atoms with E-state index in [9.17, 15) is 23.3 Å². The molecule has 27 heavy (non-hydrogen) atoms. The number of anilines is 1. The SMILES string of the molecule is [CH2]=[Bi][c]1cc([N+](=O)[O-])c(N)c2c1CCN(Cc1ccc(C(F)(F)F)cc1)C2. The summed E-state index contributed by atoms with van der Waals surface area (Å²) < 4.78 is 43.1. The van der Waals surface area contributed by atoms with Crippen molar-refractivity contribution in [1.82, 2.24) is 4.90 Å². The minimum absolute atomic E-state index is 0.0764. The molecular formula is C18H17BiF3N3O2. The van der Waals surface area contributed by atoms with E-state index >= 15 is 0 Å². The Hall–Kier alpha value is -1.86. The first-order valence-corrected chi connectivity index (χ1v) is 12.3. The number of hydrogen-bond acceptors (Lipinski definition) is 4. The summed E-state index contributed by atoms with van der Waals surface area (Å²) >= 11 is -1.22. The van der Waals surface area contributed by atoms with Gasteiger partial charge in [-0.15, -0.1) is 0 Å². The summed E-state index contributed by atoms with van der Waals surface area (Å²) in [6, 6.07) is 6.64. The van der Waals surface area contributed by atoms with Gasteiger partial charge in [0.05, 0.1) is 0 Å². The number of halogens is 3. The van der Waals surface area contributed by atoms with Crippen molar-refractivity contribution < 1.29 is 18.1 Å². The van der Waals surface area contributed by atoms with E-state index in [0.29, 0.717) is 19.5 Å². The number of fused-ring (bicyclic) bond motifs is 1. The first-order chi connectivity index (χ1) is 12.7. The summed E-state index contributed by atoms with van der Waals surface area (Å²) in [6.45, 7) is 1.62. The maximum atomic E-state index is 12.7. The number of nitrogens with zero attached hydrogens (tertiary/aromatic N) is 2. The molecule has 5 nitrogen and oxygen atoms in total. The van der Waals surface area contributed by atoms with Crippen molar-refractivity contribution in [2.24, 2.45) is 0 Å². The third kappa shape index (κ3) is 4.19. The summed E-state index contributed by atoms with van der Waals surface area (Å²) in [6.07, 6.45) is -3.64. The molecule has 0 aliphatic carbocycles. The van der Waals surface area contributed by atoms with Gasteiger partial charge in [0.15, 0.2) is 0 Å². The fourth-order valence-electron chi connectivity index (χ4n) is 3.28. The zero-order valence-electron chi connectivity index (χ0n) is 14.3. The van der Waals surface area contributed by atoms with Gasteiger partial charge in [-0.1, -0.05) is 0 Å². The van der Waals surface area contributed by atoms with Crippen LogP contribution in [0.4, 0.5) is 24.5 Å². The van der Waals surface area contributed by atoms with Crippen LogP contribution in [0.2, 0.25) is 0 Å². The van der Waals surface area contributed by atoms with Crippen LogP contribution in [0, 0.1) is 10.1 Å². The predicted octanol–water partition coefficient (Wildman–Crippen LogP) is 2.52. The summed E-state index contributed by atoms with van der Waals surface area (Å²) in [5.74, 6) is 0. The normalized spacial score (nSPS) is 14.6. The molecule has 3 rings (SSSR count). The van der Waals surface area contributed by atoms with Crippen LogP contribution in [-0.4, -0.2) is 43.3 Å². The number of rotatable bonds is 4. The molecule has 0 spiro atoms. The van der Waals surface area contributed by atoms with Gasteiger partial charge in [-0.25, -0.2) is 0 Å². The van der Waals surface area contributed by atoms with Gasteiger partial charge in [-0.3, -0.25) is 0 Å². The van der Waals surface area contributed by atoms with Gasteiger partial charge in [-0.05, 0) is 0 Å². The number of nitrogen functional groups attached to an aromatic ring is 1. The molecule has 0 amide bonds. The second kappa shape index (κ2) is 7.64. The Morgan fingerprint density at radius 3 is 2.48 bits per heavy atom. The number of nitro benzene ring substituents is 1. The van der Waals surface area contributed by atoms with Crippen molar-refractivity contribution in [2.45, 2.75) is 25.7 Å². The van der Waals surface area contributed by atoms with E-state index in [-0.39, 0.29) is 11.4 Å². The van der Waals surface area contributed by atoms with Crippen molar-refractivity contribution >= 4 is 41.6 Å². The number of nitro groups is 1. The summed E-state index contributed by atoms with van der Waals surface area (Å²) in [5.41, 5.74) is 8.09. The molecule has 0 atom stereocenters. The summed E-state index contributed by atoms with van der Waals surface area (Å²) in [7, 11) is 0. The molecule has 1 aliphatic rings. The molecule has 2 aromatic carbocycles. The molecule has 0 fully saturated rings. The first kappa shape index (κ1) is 19.9. The molecule has 0 aromatic heterocycles. The molecule has 2 N–H and O–H groups in total. The number of alkyl halides is 3. The van der Waals surface area contributed by atoms with Crippen LogP contribution in [0.1, 0.15) is 22.3 Å². The van der Waals surface area contributed by atoms with Gasteiger partial charge in [0.2, 0.25) is 0 Å². The average molecular weight is 573 g/mol. The minimum atomic E-state index is -4.36. The molecule has 0 saturated carbocycles. The molecule has 142 valence electrons. The second-order valence-corrected chi connectivity index (χ2v) is 9.46. The van der Waals surface area contributed by atoms with E-state index in [1.165, 1.54) is 12.1 Å². The van der Waals surface area contributed by atoms with E-state index < -0.39 is 39.4 Å². The van der Waals surface area contributed by atoms with Crippen LogP contribution in [0.5, 0.6) is 0 Å². The van der Waals surface area contributed by atoms with Crippen molar-refractivity contribution in [3.05, 3.63) is 62.7 Å². The quantitative estimate of drug-likeness (QED) is 0.264. The molecule has 2 aromatic rings. The van der Waals surface area contributed by atoms with Crippen LogP contribution in [0.15, 0.2) is 30.3 Å². The van der Waals surface area contributed by atoms with Gasteiger partial charge in [0.1, 0.15) is 0 Å². The molecule has 0 unspecified atom stereocenters. The maximum absolute atomic E-state index is 12.7. The summed E-state index contributed by atoms with van der Waals surface area (Å²) in [5, 5.41) is 11.3. The standard InChI is InChI=1S/C17H15F3N3O2.CH2.Bi/c18-17(19,20)13-4-1-11(2-5-13)9-22-8-7-12-3-6-15(23(24)25)16(21)14(12)10-22;;/h1-2,4-6H,7-10,21H2;1H2;. The van der Waals surface area contributed by atoms with Crippen LogP contribution >= 0.6 is 0 Å². The van der Waals surface area contributed by atoms with Crippen LogP contribution in [-0.2, 0) is 25.7 Å². The van der Waals surface area contributed by atoms with Crippen molar-refractivity contribution in [3.8, 4) is 0 Å². The molecule has 0 bridgehead atoms. The first-order valence-electron chi connectivity index (χ1n) is 8.14. The Balaban J connectivity index is 1.85. The van der Waals surface area contributed by atoms with Gasteiger partial charge in [0.25, 0.3) is 0 Å². The van der Waals surface area contributed by atoms with E-state index in [1.54, 1.807) is 6.07 Å². The Morgan fingerprint density at radius 1 is 1.26 bits per heavy atom. The molecule has 0 radical (unpaired) electrons. The van der Waals surface area contributed by atoms with Crippen molar-refractivity contribution in [3.63, 3.8) is 0 Å². The van der Waals surface area contributed by atoms with Crippen LogP contribution in [0.25, 0.3) is 0 Å². The average Bonchev–Trinajstić information content (AvgIpc) is 2.62. The molecule has 1 aliphatic heterocycles. The van der Waals surface area contributed by atoms with Gasteiger partial charge in [-0.2, -0.15) is 0 Å². The molecule has 9 heteroatoms. The van der Waals surface area contributed by atoms with E-state index in [4.69, 9.17) is 5.73 Å². The fourth-order valence-corrected chi connectivity index (χ4v) is 5.81. The van der Waals surface area contributed by atoms with Crippen LogP contribution < -0.4 is 9.01 Å². The molecular weight excluding hydrogens is 556 g/mol. The zero-order valence-corrected chi connectivity index (χ0v) is 17.8. The molecule has 1 heterocycles. The monoisotopic (exact) mass is 573 g/mol. The third-order valence-corrected chi connectivity index (χ3v) is 7.54. The Labute approximate surface area is 165 Å². The van der Waals surface area contributed by atoms with Crippen molar-refractivity contribution in [2.75, 3.05) is 12.3 Å². The van der Waals surface area contributed by atoms with Crippen molar-refractivity contribution in [1.29, 1.82) is 0 Å². The fraction of sp³-hybridized carbons (Fsp3) is 0.278. The van der Waals surface area contributed by atoms with E-state index in [0.717, 1.165) is 38.6 Å². The Kier molecular flexibility index (Phi) is 5.63. The summed E-state index contributed by atoms with van der Waals surface area (Å²) in [4.78, 5) is 12.9. The topological polar surface area (TPSA) is 72.4 Å². The second-order valence-electron chi connectivity index (χ2n) is 6.36. The number of hydrogen-bond donors (Lipinski definition) is 1. The Morgan fingerprint density at radius 2 is 1.93 bits per heavy atom. The van der Waals surface area contributed by atoms with Gasteiger partial charge in [0, 0.05) is 0 Å². The van der Waals surface area contributed by atoms with Gasteiger partial charge < -0.3 is 0 Å². The number of nitrogens with two attached hydrogens (primary N) is 1. The van der Waals surface area contributed by atoms with Gasteiger partial charge >= 0.3 is 165 Å². The Bertz CT molecular complexity index is 898. The number of benzene rings is 2. The zero-order chi connectivity index (χ0) is 19.8. The van der Waals surface area contributed by atoms with Crippen LogP contribution in [0.3, 0.4) is 0 Å². The van der Waals surface area contributed by atoms with E-state index in [1.807, 2.05) is 4.90 Å².